The summed E-state index contributed by atoms with van der Waals surface area (Å²) in [6, 6.07) is 7.59. The first kappa shape index (κ1) is 15.4. The van der Waals surface area contributed by atoms with Crippen LogP contribution in [0.3, 0.4) is 0 Å². The van der Waals surface area contributed by atoms with Crippen LogP contribution in [0.15, 0.2) is 24.3 Å². The number of nitrogens with two attached hydrogens (primary N) is 1. The third kappa shape index (κ3) is 3.37. The minimum absolute atomic E-state index is 0.188. The quantitative estimate of drug-likeness (QED) is 0.867. The van der Waals surface area contributed by atoms with E-state index in [9.17, 15) is 4.39 Å². The number of halogens is 1. The highest BCUT2D eigenvalue weighted by atomic mass is 19.1. The smallest absolute Gasteiger partial charge is 0.123 e. The SMILES string of the molecule is CCN(CC)C1CCN(C(CN)c2ccc(F)cc2)C1. The Morgan fingerprint density at radius 2 is 1.95 bits per heavy atom. The average molecular weight is 279 g/mol. The lowest BCUT2D eigenvalue weighted by molar-refractivity contribution is 0.189. The molecule has 2 N–H and O–H groups in total. The van der Waals surface area contributed by atoms with Crippen LogP contribution in [0.4, 0.5) is 4.39 Å². The fourth-order valence-corrected chi connectivity index (χ4v) is 3.27. The summed E-state index contributed by atoms with van der Waals surface area (Å²) >= 11 is 0. The molecule has 1 aromatic carbocycles. The summed E-state index contributed by atoms with van der Waals surface area (Å²) in [5, 5.41) is 0. The van der Waals surface area contributed by atoms with Gasteiger partial charge in [0.15, 0.2) is 0 Å². The first-order chi connectivity index (χ1) is 9.69. The summed E-state index contributed by atoms with van der Waals surface area (Å²) < 4.78 is 13.0. The first-order valence-electron chi connectivity index (χ1n) is 7.63. The van der Waals surface area contributed by atoms with Crippen molar-refractivity contribution >= 4 is 0 Å². The van der Waals surface area contributed by atoms with Crippen LogP contribution < -0.4 is 5.73 Å². The molecule has 0 spiro atoms. The van der Waals surface area contributed by atoms with Crippen molar-refractivity contribution in [3.63, 3.8) is 0 Å². The number of likely N-dealkylation sites (N-methyl/N-ethyl adjacent to an activating group) is 1. The van der Waals surface area contributed by atoms with Gasteiger partial charge in [-0.15, -0.1) is 0 Å². The highest BCUT2D eigenvalue weighted by Gasteiger charge is 2.30. The van der Waals surface area contributed by atoms with Crippen molar-refractivity contribution in [2.75, 3.05) is 32.7 Å². The second-order valence-corrected chi connectivity index (χ2v) is 5.46. The van der Waals surface area contributed by atoms with E-state index in [1.54, 1.807) is 0 Å². The molecule has 2 rings (SSSR count). The fourth-order valence-electron chi connectivity index (χ4n) is 3.27. The van der Waals surface area contributed by atoms with Crippen LogP contribution in [0, 0.1) is 5.82 Å². The molecule has 0 saturated carbocycles. The Labute approximate surface area is 121 Å². The van der Waals surface area contributed by atoms with Gasteiger partial charge in [-0.25, -0.2) is 4.39 Å². The average Bonchev–Trinajstić information content (AvgIpc) is 2.93. The molecule has 1 aromatic rings. The minimum atomic E-state index is -0.188. The van der Waals surface area contributed by atoms with E-state index in [4.69, 9.17) is 5.73 Å². The van der Waals surface area contributed by atoms with Gasteiger partial charge in [-0.2, -0.15) is 0 Å². The van der Waals surface area contributed by atoms with E-state index in [1.165, 1.54) is 18.6 Å². The number of nitrogens with zero attached hydrogens (tertiary/aromatic N) is 2. The van der Waals surface area contributed by atoms with Gasteiger partial charge in [-0.3, -0.25) is 9.80 Å². The molecular weight excluding hydrogens is 253 g/mol. The van der Waals surface area contributed by atoms with Crippen molar-refractivity contribution < 1.29 is 4.39 Å². The molecule has 1 saturated heterocycles. The number of hydrogen-bond donors (Lipinski definition) is 1. The number of rotatable bonds is 6. The van der Waals surface area contributed by atoms with Gasteiger partial charge in [0, 0.05) is 31.7 Å². The molecule has 20 heavy (non-hydrogen) atoms. The summed E-state index contributed by atoms with van der Waals surface area (Å²) in [5.41, 5.74) is 7.08. The highest BCUT2D eigenvalue weighted by molar-refractivity contribution is 5.20. The zero-order chi connectivity index (χ0) is 14.5. The predicted octanol–water partition coefficient (Wildman–Crippen LogP) is 2.24. The first-order valence-corrected chi connectivity index (χ1v) is 7.63. The maximum absolute atomic E-state index is 13.0. The lowest BCUT2D eigenvalue weighted by Crippen LogP contribution is -2.39. The Morgan fingerprint density at radius 1 is 1.30 bits per heavy atom. The molecule has 0 bridgehead atoms. The van der Waals surface area contributed by atoms with E-state index in [2.05, 4.69) is 23.6 Å². The molecule has 1 aliphatic rings. The third-order valence-electron chi connectivity index (χ3n) is 4.44. The molecule has 1 heterocycles. The molecule has 4 heteroatoms. The molecule has 3 nitrogen and oxygen atoms in total. The van der Waals surface area contributed by atoms with Gasteiger partial charge < -0.3 is 5.73 Å². The lowest BCUT2D eigenvalue weighted by Gasteiger charge is -2.30. The van der Waals surface area contributed by atoms with Gasteiger partial charge in [0.1, 0.15) is 5.82 Å². The molecule has 2 atom stereocenters. The predicted molar refractivity (Wildman–Crippen MR) is 81.1 cm³/mol. The number of benzene rings is 1. The Morgan fingerprint density at radius 3 is 2.50 bits per heavy atom. The molecule has 0 radical (unpaired) electrons. The van der Waals surface area contributed by atoms with E-state index < -0.39 is 0 Å². The van der Waals surface area contributed by atoms with Crippen molar-refractivity contribution in [2.24, 2.45) is 5.73 Å². The maximum Gasteiger partial charge on any atom is 0.123 e. The van der Waals surface area contributed by atoms with E-state index in [0.29, 0.717) is 12.6 Å². The second-order valence-electron chi connectivity index (χ2n) is 5.46. The zero-order valence-electron chi connectivity index (χ0n) is 12.6. The van der Waals surface area contributed by atoms with Gasteiger partial charge in [-0.1, -0.05) is 26.0 Å². The minimum Gasteiger partial charge on any atom is -0.329 e. The van der Waals surface area contributed by atoms with Gasteiger partial charge in [0.05, 0.1) is 0 Å². The van der Waals surface area contributed by atoms with Crippen molar-refractivity contribution in [2.45, 2.75) is 32.4 Å². The van der Waals surface area contributed by atoms with E-state index >= 15 is 0 Å². The van der Waals surface area contributed by atoms with E-state index in [-0.39, 0.29) is 11.9 Å². The maximum atomic E-state index is 13.0. The normalized spacial score (nSPS) is 21.6. The van der Waals surface area contributed by atoms with Gasteiger partial charge >= 0.3 is 0 Å². The summed E-state index contributed by atoms with van der Waals surface area (Å²) in [7, 11) is 0. The van der Waals surface area contributed by atoms with Crippen LogP contribution >= 0.6 is 0 Å². The van der Waals surface area contributed by atoms with Crippen LogP contribution in [0.5, 0.6) is 0 Å². The molecule has 1 fully saturated rings. The Bertz CT molecular complexity index is 403. The van der Waals surface area contributed by atoms with Crippen LogP contribution in [0.25, 0.3) is 0 Å². The van der Waals surface area contributed by atoms with E-state index in [1.807, 2.05) is 12.1 Å². The molecule has 0 amide bonds. The van der Waals surface area contributed by atoms with Crippen molar-refractivity contribution in [1.82, 2.24) is 9.80 Å². The van der Waals surface area contributed by atoms with Gasteiger partial charge in [0.25, 0.3) is 0 Å². The highest BCUT2D eigenvalue weighted by Crippen LogP contribution is 2.26. The van der Waals surface area contributed by atoms with E-state index in [0.717, 1.165) is 31.7 Å². The molecule has 112 valence electrons. The topological polar surface area (TPSA) is 32.5 Å². The molecular formula is C16H26FN3. The Balaban J connectivity index is 2.04. The molecule has 1 aliphatic heterocycles. The fraction of sp³-hybridized carbons (Fsp3) is 0.625. The van der Waals surface area contributed by atoms with Gasteiger partial charge in [-0.05, 0) is 37.2 Å². The Kier molecular flexibility index (Phi) is 5.52. The van der Waals surface area contributed by atoms with Crippen LogP contribution in [-0.2, 0) is 0 Å². The van der Waals surface area contributed by atoms with Crippen molar-refractivity contribution in [3.8, 4) is 0 Å². The molecule has 0 aliphatic carbocycles. The number of likely N-dealkylation sites (tertiary alicyclic amines) is 1. The third-order valence-corrected chi connectivity index (χ3v) is 4.44. The Hall–Kier alpha value is -0.970. The van der Waals surface area contributed by atoms with Crippen LogP contribution in [-0.4, -0.2) is 48.6 Å². The van der Waals surface area contributed by atoms with Crippen molar-refractivity contribution in [1.29, 1.82) is 0 Å². The summed E-state index contributed by atoms with van der Waals surface area (Å²) in [5.74, 6) is -0.188. The zero-order valence-corrected chi connectivity index (χ0v) is 12.6. The molecule has 0 aromatic heterocycles. The summed E-state index contributed by atoms with van der Waals surface area (Å²) in [4.78, 5) is 4.95. The standard InChI is InChI=1S/C16H26FN3/c1-3-19(4-2)15-9-10-20(12-15)16(11-18)13-5-7-14(17)8-6-13/h5-8,15-16H,3-4,9-12,18H2,1-2H3. The van der Waals surface area contributed by atoms with Crippen LogP contribution in [0.1, 0.15) is 31.9 Å². The monoisotopic (exact) mass is 279 g/mol. The lowest BCUT2D eigenvalue weighted by atomic mass is 10.1. The largest absolute Gasteiger partial charge is 0.329 e. The van der Waals surface area contributed by atoms with Crippen LogP contribution in [0.2, 0.25) is 0 Å². The second kappa shape index (κ2) is 7.16. The number of hydrogen-bond acceptors (Lipinski definition) is 3. The summed E-state index contributed by atoms with van der Waals surface area (Å²) in [6.45, 7) is 9.33. The molecule has 2 unspecified atom stereocenters. The summed E-state index contributed by atoms with van der Waals surface area (Å²) in [6.07, 6.45) is 1.19. The van der Waals surface area contributed by atoms with Crippen molar-refractivity contribution in [3.05, 3.63) is 35.6 Å². The van der Waals surface area contributed by atoms with Gasteiger partial charge in [0.2, 0.25) is 0 Å².